The lowest BCUT2D eigenvalue weighted by Crippen LogP contribution is -2.61. The zero-order valence-electron chi connectivity index (χ0n) is 19.1. The van der Waals surface area contributed by atoms with Gasteiger partial charge in [0, 0.05) is 17.7 Å². The standard InChI is InChI=1S/C24H36FN3O3/c1-15(2)13-31-22-19(12-26-28(22)6-5-23(3,4)14-25)21(29)27-20-17-7-16-8-18(20)11-24(30,9-16)10-17/h5-6,12,15-18,20,30H,7-11,13-14H2,1-4H3,(H,27,29). The topological polar surface area (TPSA) is 76.4 Å². The summed E-state index contributed by atoms with van der Waals surface area (Å²) in [6.07, 6.45) is 9.59. The highest BCUT2D eigenvalue weighted by Crippen LogP contribution is 2.55. The van der Waals surface area contributed by atoms with Crippen LogP contribution in [0.4, 0.5) is 4.39 Å². The maximum absolute atomic E-state index is 13.3. The fraction of sp³-hybridized carbons (Fsp3) is 0.750. The molecule has 1 heterocycles. The predicted molar refractivity (Wildman–Crippen MR) is 117 cm³/mol. The summed E-state index contributed by atoms with van der Waals surface area (Å²) < 4.78 is 20.7. The van der Waals surface area contributed by atoms with Gasteiger partial charge in [-0.2, -0.15) is 5.10 Å². The Morgan fingerprint density at radius 3 is 2.65 bits per heavy atom. The minimum Gasteiger partial charge on any atom is -0.477 e. The zero-order valence-corrected chi connectivity index (χ0v) is 19.1. The molecule has 4 fully saturated rings. The summed E-state index contributed by atoms with van der Waals surface area (Å²) in [5, 5.41) is 18.4. The lowest BCUT2D eigenvalue weighted by molar-refractivity contribution is -0.136. The van der Waals surface area contributed by atoms with Crippen LogP contribution in [-0.2, 0) is 0 Å². The van der Waals surface area contributed by atoms with E-state index < -0.39 is 17.7 Å². The van der Waals surface area contributed by atoms with Crippen LogP contribution >= 0.6 is 0 Å². The molecule has 172 valence electrons. The molecule has 31 heavy (non-hydrogen) atoms. The first kappa shape index (κ1) is 22.3. The number of amides is 1. The van der Waals surface area contributed by atoms with Gasteiger partial charge in [0.1, 0.15) is 5.56 Å². The molecule has 2 unspecified atom stereocenters. The minimum absolute atomic E-state index is 0.0895. The van der Waals surface area contributed by atoms with Gasteiger partial charge >= 0.3 is 0 Å². The minimum atomic E-state index is -0.621. The molecule has 0 aromatic carbocycles. The number of hydrogen-bond donors (Lipinski definition) is 2. The Morgan fingerprint density at radius 1 is 1.39 bits per heavy atom. The van der Waals surface area contributed by atoms with Crippen LogP contribution in [0.5, 0.6) is 5.88 Å². The quantitative estimate of drug-likeness (QED) is 0.648. The number of aromatic nitrogens is 2. The molecule has 7 heteroatoms. The van der Waals surface area contributed by atoms with E-state index in [9.17, 15) is 14.3 Å². The van der Waals surface area contributed by atoms with Gasteiger partial charge in [-0.05, 0) is 55.8 Å². The van der Waals surface area contributed by atoms with Crippen LogP contribution in [0.2, 0.25) is 0 Å². The SMILES string of the molecule is CC(C)COc1c(C(=O)NC2C3CC4CC2CC(O)(C4)C3)cnn1C=CC(C)(C)CF. The molecule has 5 rings (SSSR count). The van der Waals surface area contributed by atoms with Crippen molar-refractivity contribution in [3.05, 3.63) is 17.8 Å². The molecule has 2 atom stereocenters. The number of ether oxygens (including phenoxy) is 1. The van der Waals surface area contributed by atoms with Crippen LogP contribution in [-0.4, -0.2) is 45.7 Å². The number of rotatable bonds is 8. The summed E-state index contributed by atoms with van der Waals surface area (Å²) in [7, 11) is 0. The molecule has 0 aliphatic heterocycles. The van der Waals surface area contributed by atoms with Crippen LogP contribution in [0.3, 0.4) is 0 Å². The number of allylic oxidation sites excluding steroid dienone is 1. The number of nitrogens with zero attached hydrogens (tertiary/aromatic N) is 2. The van der Waals surface area contributed by atoms with Crippen molar-refractivity contribution < 1.29 is 19.0 Å². The van der Waals surface area contributed by atoms with Crippen LogP contribution < -0.4 is 10.1 Å². The van der Waals surface area contributed by atoms with Crippen molar-refractivity contribution in [3.8, 4) is 5.88 Å². The van der Waals surface area contributed by atoms with Crippen LogP contribution in [0.25, 0.3) is 6.20 Å². The van der Waals surface area contributed by atoms with Gasteiger partial charge in [0.15, 0.2) is 0 Å². The van der Waals surface area contributed by atoms with Gasteiger partial charge in [0.25, 0.3) is 5.91 Å². The van der Waals surface area contributed by atoms with E-state index in [1.165, 1.54) is 10.9 Å². The van der Waals surface area contributed by atoms with E-state index in [2.05, 4.69) is 10.4 Å². The molecular formula is C24H36FN3O3. The molecule has 1 amide bonds. The normalized spacial score (nSPS) is 32.2. The molecule has 4 aliphatic carbocycles. The fourth-order valence-electron chi connectivity index (χ4n) is 5.77. The van der Waals surface area contributed by atoms with Crippen molar-refractivity contribution in [1.29, 1.82) is 0 Å². The van der Waals surface area contributed by atoms with Crippen LogP contribution in [0.15, 0.2) is 12.3 Å². The largest absolute Gasteiger partial charge is 0.477 e. The van der Waals surface area contributed by atoms with E-state index >= 15 is 0 Å². The number of nitrogens with one attached hydrogen (secondary N) is 1. The molecule has 4 aliphatic rings. The summed E-state index contributed by atoms with van der Waals surface area (Å²) in [6, 6.07) is 0.0895. The van der Waals surface area contributed by atoms with Gasteiger partial charge in [0.05, 0.1) is 25.1 Å². The Kier molecular flexibility index (Phi) is 5.92. The maximum atomic E-state index is 13.3. The van der Waals surface area contributed by atoms with E-state index in [1.807, 2.05) is 13.8 Å². The molecule has 2 N–H and O–H groups in total. The lowest BCUT2D eigenvalue weighted by atomic mass is 9.52. The zero-order chi connectivity index (χ0) is 22.4. The highest BCUT2D eigenvalue weighted by atomic mass is 19.1. The molecule has 1 aromatic rings. The monoisotopic (exact) mass is 433 g/mol. The van der Waals surface area contributed by atoms with Crippen molar-refractivity contribution in [2.45, 2.75) is 71.4 Å². The van der Waals surface area contributed by atoms with Gasteiger partial charge in [-0.15, -0.1) is 0 Å². The van der Waals surface area contributed by atoms with Gasteiger partial charge in [-0.1, -0.05) is 33.8 Å². The number of carbonyl (C=O) groups is 1. The van der Waals surface area contributed by atoms with E-state index in [4.69, 9.17) is 4.74 Å². The Hall–Kier alpha value is -1.89. The summed E-state index contributed by atoms with van der Waals surface area (Å²) in [6.45, 7) is 7.66. The van der Waals surface area contributed by atoms with Gasteiger partial charge < -0.3 is 15.2 Å². The predicted octanol–water partition coefficient (Wildman–Crippen LogP) is 4.05. The molecule has 4 bridgehead atoms. The van der Waals surface area contributed by atoms with Gasteiger partial charge in [-0.3, -0.25) is 9.18 Å². The molecule has 4 saturated carbocycles. The molecule has 1 aromatic heterocycles. The van der Waals surface area contributed by atoms with Crippen molar-refractivity contribution in [2.24, 2.45) is 29.1 Å². The second-order valence-corrected chi connectivity index (χ2v) is 11.1. The highest BCUT2D eigenvalue weighted by Gasteiger charge is 2.55. The Balaban J connectivity index is 1.53. The highest BCUT2D eigenvalue weighted by molar-refractivity contribution is 5.96. The first-order chi connectivity index (χ1) is 14.6. The van der Waals surface area contributed by atoms with Crippen molar-refractivity contribution in [2.75, 3.05) is 13.3 Å². The smallest absolute Gasteiger partial charge is 0.258 e. The Morgan fingerprint density at radius 2 is 2.06 bits per heavy atom. The summed E-state index contributed by atoms with van der Waals surface area (Å²) >= 11 is 0. The average molecular weight is 434 g/mol. The second-order valence-electron chi connectivity index (χ2n) is 11.1. The van der Waals surface area contributed by atoms with E-state index in [-0.39, 0.29) is 17.9 Å². The first-order valence-electron chi connectivity index (χ1n) is 11.6. The van der Waals surface area contributed by atoms with Crippen molar-refractivity contribution in [1.82, 2.24) is 15.1 Å². The number of hydrogen-bond acceptors (Lipinski definition) is 4. The summed E-state index contributed by atoms with van der Waals surface area (Å²) in [5.74, 6) is 1.75. The number of aliphatic hydroxyl groups is 1. The molecular weight excluding hydrogens is 397 g/mol. The number of carbonyl (C=O) groups excluding carboxylic acids is 1. The molecule has 0 radical (unpaired) electrons. The third-order valence-corrected chi connectivity index (χ3v) is 7.10. The lowest BCUT2D eigenvalue weighted by Gasteiger charge is -2.58. The van der Waals surface area contributed by atoms with Crippen molar-refractivity contribution in [3.63, 3.8) is 0 Å². The van der Waals surface area contributed by atoms with Crippen LogP contribution in [0, 0.1) is 29.1 Å². The summed E-state index contributed by atoms with van der Waals surface area (Å²) in [4.78, 5) is 13.3. The van der Waals surface area contributed by atoms with Crippen molar-refractivity contribution >= 4 is 12.1 Å². The molecule has 6 nitrogen and oxygen atoms in total. The van der Waals surface area contributed by atoms with Crippen LogP contribution in [0.1, 0.15) is 70.2 Å². The first-order valence-corrected chi connectivity index (χ1v) is 11.6. The van der Waals surface area contributed by atoms with E-state index in [0.717, 1.165) is 32.1 Å². The average Bonchev–Trinajstić information content (AvgIpc) is 3.09. The van der Waals surface area contributed by atoms with E-state index in [0.29, 0.717) is 35.8 Å². The molecule has 0 saturated heterocycles. The Bertz CT molecular complexity index is 831. The third kappa shape index (κ3) is 4.66. The van der Waals surface area contributed by atoms with Gasteiger partial charge in [-0.25, -0.2) is 4.68 Å². The fourth-order valence-corrected chi connectivity index (χ4v) is 5.77. The number of alkyl halides is 1. The molecule has 0 spiro atoms. The van der Waals surface area contributed by atoms with Gasteiger partial charge in [0.2, 0.25) is 5.88 Å². The second kappa shape index (κ2) is 8.23. The Labute approximate surface area is 184 Å². The number of halogens is 1. The summed E-state index contributed by atoms with van der Waals surface area (Å²) in [5.41, 5.74) is -0.747. The third-order valence-electron chi connectivity index (χ3n) is 7.10. The maximum Gasteiger partial charge on any atom is 0.258 e. The van der Waals surface area contributed by atoms with E-state index in [1.54, 1.807) is 26.1 Å².